The maximum absolute atomic E-state index is 6.14. The second kappa shape index (κ2) is 5.42. The van der Waals surface area contributed by atoms with Crippen LogP contribution in [0.2, 0.25) is 0 Å². The van der Waals surface area contributed by atoms with E-state index in [1.165, 1.54) is 0 Å². The molecule has 0 saturated heterocycles. The summed E-state index contributed by atoms with van der Waals surface area (Å²) in [6.07, 6.45) is 0. The molecule has 0 saturated carbocycles. The number of anilines is 2. The topological polar surface area (TPSA) is 47.7 Å². The molecular formula is C14H16N2O2. The molecule has 94 valence electrons. The highest BCUT2D eigenvalue weighted by Gasteiger charge is 2.13. The highest BCUT2D eigenvalue weighted by molar-refractivity contribution is 5.71. The van der Waals surface area contributed by atoms with Crippen LogP contribution in [0.25, 0.3) is 0 Å². The van der Waals surface area contributed by atoms with Gasteiger partial charge in [-0.15, -0.1) is 0 Å². The van der Waals surface area contributed by atoms with Crippen molar-refractivity contribution in [2.24, 2.45) is 5.84 Å². The Morgan fingerprint density at radius 3 is 1.56 bits per heavy atom. The van der Waals surface area contributed by atoms with Gasteiger partial charge in [-0.2, -0.15) is 0 Å². The number of methoxy groups -OCH3 is 2. The van der Waals surface area contributed by atoms with E-state index >= 15 is 0 Å². The number of ether oxygens (including phenoxy) is 2. The molecule has 2 aromatic carbocycles. The van der Waals surface area contributed by atoms with Crippen LogP contribution in [0.4, 0.5) is 11.4 Å². The summed E-state index contributed by atoms with van der Waals surface area (Å²) >= 11 is 0. The molecule has 0 aliphatic rings. The summed E-state index contributed by atoms with van der Waals surface area (Å²) in [5, 5.41) is 1.55. The Kier molecular flexibility index (Phi) is 3.69. The molecule has 0 amide bonds. The van der Waals surface area contributed by atoms with E-state index in [1.807, 2.05) is 48.5 Å². The van der Waals surface area contributed by atoms with Gasteiger partial charge in [0.05, 0.1) is 25.6 Å². The zero-order chi connectivity index (χ0) is 13.0. The molecule has 0 fully saturated rings. The number of benzene rings is 2. The molecule has 18 heavy (non-hydrogen) atoms. The maximum Gasteiger partial charge on any atom is 0.143 e. The average Bonchev–Trinajstić information content (AvgIpc) is 2.46. The number of hydrogen-bond donors (Lipinski definition) is 1. The number of nitrogens with two attached hydrogens (primary N) is 1. The van der Waals surface area contributed by atoms with Crippen molar-refractivity contribution < 1.29 is 9.47 Å². The van der Waals surface area contributed by atoms with E-state index in [2.05, 4.69) is 0 Å². The first-order valence-corrected chi connectivity index (χ1v) is 5.58. The largest absolute Gasteiger partial charge is 0.495 e. The zero-order valence-electron chi connectivity index (χ0n) is 10.5. The van der Waals surface area contributed by atoms with E-state index in [-0.39, 0.29) is 0 Å². The number of hydrazine groups is 1. The van der Waals surface area contributed by atoms with Crippen LogP contribution >= 0.6 is 0 Å². The first kappa shape index (κ1) is 12.3. The molecule has 0 heterocycles. The minimum atomic E-state index is 0.714. The predicted molar refractivity (Wildman–Crippen MR) is 72.3 cm³/mol. The predicted octanol–water partition coefficient (Wildman–Crippen LogP) is 2.72. The highest BCUT2D eigenvalue weighted by atomic mass is 16.5. The van der Waals surface area contributed by atoms with Crippen LogP contribution in [0, 0.1) is 0 Å². The fraction of sp³-hybridized carbons (Fsp3) is 0.143. The van der Waals surface area contributed by atoms with Gasteiger partial charge in [0.2, 0.25) is 0 Å². The quantitative estimate of drug-likeness (QED) is 0.663. The van der Waals surface area contributed by atoms with Gasteiger partial charge in [-0.25, -0.2) is 5.84 Å². The standard InChI is InChI=1S/C14H16N2O2/c1-17-13-9-5-3-7-11(13)16(15)12-8-4-6-10-14(12)18-2/h3-10H,15H2,1-2H3. The van der Waals surface area contributed by atoms with E-state index in [0.29, 0.717) is 11.5 Å². The normalized spacial score (nSPS) is 9.94. The van der Waals surface area contributed by atoms with Gasteiger partial charge in [-0.1, -0.05) is 24.3 Å². The summed E-state index contributed by atoms with van der Waals surface area (Å²) in [5.74, 6) is 7.57. The Bertz CT molecular complexity index is 481. The molecule has 0 aliphatic carbocycles. The van der Waals surface area contributed by atoms with Crippen LogP contribution in [0.15, 0.2) is 48.5 Å². The summed E-state index contributed by atoms with van der Waals surface area (Å²) < 4.78 is 10.6. The smallest absolute Gasteiger partial charge is 0.143 e. The van der Waals surface area contributed by atoms with Gasteiger partial charge in [0.15, 0.2) is 0 Å². The number of nitrogens with zero attached hydrogens (tertiary/aromatic N) is 1. The third-order valence-corrected chi connectivity index (χ3v) is 2.69. The van der Waals surface area contributed by atoms with Crippen LogP contribution in [0.3, 0.4) is 0 Å². The molecule has 2 rings (SSSR count). The first-order valence-electron chi connectivity index (χ1n) is 5.58. The molecule has 0 bridgehead atoms. The Labute approximate surface area is 107 Å². The second-order valence-corrected chi connectivity index (χ2v) is 3.71. The molecule has 0 aliphatic heterocycles. The molecule has 2 aromatic rings. The van der Waals surface area contributed by atoms with Crippen molar-refractivity contribution in [2.45, 2.75) is 0 Å². The van der Waals surface area contributed by atoms with Crippen LogP contribution in [-0.4, -0.2) is 14.2 Å². The van der Waals surface area contributed by atoms with Crippen LogP contribution < -0.4 is 20.3 Å². The number of para-hydroxylation sites is 4. The number of hydrogen-bond acceptors (Lipinski definition) is 4. The Morgan fingerprint density at radius 2 is 1.17 bits per heavy atom. The summed E-state index contributed by atoms with van der Waals surface area (Å²) in [6, 6.07) is 15.1. The van der Waals surface area contributed by atoms with E-state index < -0.39 is 0 Å². The van der Waals surface area contributed by atoms with Gasteiger partial charge < -0.3 is 9.47 Å². The molecule has 2 N–H and O–H groups in total. The van der Waals surface area contributed by atoms with Gasteiger partial charge in [0.1, 0.15) is 11.5 Å². The summed E-state index contributed by atoms with van der Waals surface area (Å²) in [7, 11) is 3.24. The van der Waals surface area contributed by atoms with Crippen molar-refractivity contribution in [3.05, 3.63) is 48.5 Å². The molecule has 0 spiro atoms. The van der Waals surface area contributed by atoms with E-state index in [0.717, 1.165) is 11.4 Å². The summed E-state index contributed by atoms with van der Waals surface area (Å²) in [6.45, 7) is 0. The van der Waals surface area contributed by atoms with Crippen molar-refractivity contribution in [1.82, 2.24) is 0 Å². The lowest BCUT2D eigenvalue weighted by Crippen LogP contribution is -2.25. The Hall–Kier alpha value is -2.20. The third-order valence-electron chi connectivity index (χ3n) is 2.69. The van der Waals surface area contributed by atoms with Crippen molar-refractivity contribution in [3.8, 4) is 11.5 Å². The van der Waals surface area contributed by atoms with E-state index in [1.54, 1.807) is 19.2 Å². The van der Waals surface area contributed by atoms with Crippen molar-refractivity contribution in [1.29, 1.82) is 0 Å². The lowest BCUT2D eigenvalue weighted by Gasteiger charge is -2.22. The van der Waals surface area contributed by atoms with E-state index in [9.17, 15) is 0 Å². The fourth-order valence-electron chi connectivity index (χ4n) is 1.79. The minimum absolute atomic E-state index is 0.714. The molecule has 4 nitrogen and oxygen atoms in total. The molecule has 0 atom stereocenters. The van der Waals surface area contributed by atoms with Gasteiger partial charge in [0.25, 0.3) is 0 Å². The SMILES string of the molecule is COc1ccccc1N(N)c1ccccc1OC. The first-order chi connectivity index (χ1) is 8.77. The lowest BCUT2D eigenvalue weighted by molar-refractivity contribution is 0.411. The maximum atomic E-state index is 6.14. The Morgan fingerprint density at radius 1 is 0.778 bits per heavy atom. The molecule has 0 unspecified atom stereocenters. The average molecular weight is 244 g/mol. The molecular weight excluding hydrogens is 228 g/mol. The van der Waals surface area contributed by atoms with Gasteiger partial charge in [-0.3, -0.25) is 5.01 Å². The van der Waals surface area contributed by atoms with Crippen LogP contribution in [0.5, 0.6) is 11.5 Å². The van der Waals surface area contributed by atoms with Gasteiger partial charge in [-0.05, 0) is 24.3 Å². The van der Waals surface area contributed by atoms with Crippen LogP contribution in [-0.2, 0) is 0 Å². The number of rotatable bonds is 4. The van der Waals surface area contributed by atoms with Crippen molar-refractivity contribution in [3.63, 3.8) is 0 Å². The lowest BCUT2D eigenvalue weighted by atomic mass is 10.2. The Balaban J connectivity index is 2.44. The zero-order valence-corrected chi connectivity index (χ0v) is 10.5. The summed E-state index contributed by atoms with van der Waals surface area (Å²) in [4.78, 5) is 0. The van der Waals surface area contributed by atoms with Crippen LogP contribution in [0.1, 0.15) is 0 Å². The molecule has 0 aromatic heterocycles. The van der Waals surface area contributed by atoms with Crippen molar-refractivity contribution in [2.75, 3.05) is 19.2 Å². The fourth-order valence-corrected chi connectivity index (χ4v) is 1.79. The third kappa shape index (κ3) is 2.24. The second-order valence-electron chi connectivity index (χ2n) is 3.71. The van der Waals surface area contributed by atoms with E-state index in [4.69, 9.17) is 15.3 Å². The highest BCUT2D eigenvalue weighted by Crippen LogP contribution is 2.35. The minimum Gasteiger partial charge on any atom is -0.495 e. The summed E-state index contributed by atoms with van der Waals surface area (Å²) in [5.41, 5.74) is 1.56. The molecule has 0 radical (unpaired) electrons. The van der Waals surface area contributed by atoms with Gasteiger partial charge in [0, 0.05) is 0 Å². The van der Waals surface area contributed by atoms with Crippen molar-refractivity contribution >= 4 is 11.4 Å². The van der Waals surface area contributed by atoms with Gasteiger partial charge >= 0.3 is 0 Å². The monoisotopic (exact) mass is 244 g/mol. The molecule has 4 heteroatoms.